The Bertz CT molecular complexity index is 560. The third-order valence-corrected chi connectivity index (χ3v) is 4.44. The van der Waals surface area contributed by atoms with E-state index in [1.165, 1.54) is 6.07 Å². The summed E-state index contributed by atoms with van der Waals surface area (Å²) in [6.45, 7) is 8.11. The van der Waals surface area contributed by atoms with Crippen LogP contribution in [0.1, 0.15) is 39.2 Å². The fourth-order valence-electron chi connectivity index (χ4n) is 2.69. The Balaban J connectivity index is 1.88. The summed E-state index contributed by atoms with van der Waals surface area (Å²) in [6, 6.07) is 5.30. The Labute approximate surface area is 150 Å². The Morgan fingerprint density at radius 1 is 1.48 bits per heavy atom. The van der Waals surface area contributed by atoms with Crippen LogP contribution in [0.25, 0.3) is 0 Å². The van der Waals surface area contributed by atoms with E-state index in [2.05, 4.69) is 10.2 Å². The van der Waals surface area contributed by atoms with E-state index < -0.39 is 5.60 Å². The summed E-state index contributed by atoms with van der Waals surface area (Å²) in [6.07, 6.45) is 1.62. The fourth-order valence-corrected chi connectivity index (χ4v) is 3.27. The molecule has 6 heteroatoms. The molecule has 1 aliphatic rings. The van der Waals surface area contributed by atoms with Crippen molar-refractivity contribution in [3.8, 4) is 0 Å². The second-order valence-corrected chi connectivity index (χ2v) is 8.13. The molecule has 0 aromatic heterocycles. The van der Waals surface area contributed by atoms with Gasteiger partial charge in [-0.1, -0.05) is 6.07 Å². The minimum absolute atomic E-state index is 0.0955. The number of nitrogens with one attached hydrogen (secondary N) is 1. The first-order valence-electron chi connectivity index (χ1n) is 7.89. The van der Waals surface area contributed by atoms with Crippen LogP contribution in [0.4, 0.5) is 9.18 Å². The average Bonchev–Trinajstić information content (AvgIpc) is 2.41. The third kappa shape index (κ3) is 6.25. The topological polar surface area (TPSA) is 41.6 Å². The van der Waals surface area contributed by atoms with Crippen molar-refractivity contribution in [2.75, 3.05) is 13.1 Å². The molecule has 0 spiro atoms. The highest BCUT2D eigenvalue weighted by atomic mass is 127. The van der Waals surface area contributed by atoms with Crippen molar-refractivity contribution in [1.82, 2.24) is 10.2 Å². The maximum atomic E-state index is 13.3. The van der Waals surface area contributed by atoms with E-state index in [-0.39, 0.29) is 18.0 Å². The first kappa shape index (κ1) is 18.4. The van der Waals surface area contributed by atoms with Gasteiger partial charge in [0.2, 0.25) is 0 Å². The maximum absolute atomic E-state index is 13.3. The first-order chi connectivity index (χ1) is 10.7. The van der Waals surface area contributed by atoms with Gasteiger partial charge in [0, 0.05) is 22.7 Å². The van der Waals surface area contributed by atoms with E-state index in [0.717, 1.165) is 38.0 Å². The maximum Gasteiger partial charge on any atom is 0.407 e. The number of ether oxygens (including phenoxy) is 1. The van der Waals surface area contributed by atoms with E-state index >= 15 is 0 Å². The molecule has 0 radical (unpaired) electrons. The third-order valence-electron chi connectivity index (χ3n) is 3.62. The van der Waals surface area contributed by atoms with Crippen LogP contribution < -0.4 is 5.32 Å². The number of hydrogen-bond donors (Lipinski definition) is 1. The molecule has 1 aromatic rings. The van der Waals surface area contributed by atoms with Crippen LogP contribution in [0.15, 0.2) is 18.2 Å². The monoisotopic (exact) mass is 434 g/mol. The molecule has 1 aliphatic heterocycles. The van der Waals surface area contributed by atoms with Crippen molar-refractivity contribution in [3.63, 3.8) is 0 Å². The van der Waals surface area contributed by atoms with Gasteiger partial charge in [0.05, 0.1) is 0 Å². The number of alkyl carbamates (subject to hydrolysis) is 1. The summed E-state index contributed by atoms with van der Waals surface area (Å²) in [5, 5.41) is 2.95. The number of amides is 1. The summed E-state index contributed by atoms with van der Waals surface area (Å²) in [5.41, 5.74) is 0.609. The highest BCUT2D eigenvalue weighted by Crippen LogP contribution is 2.18. The van der Waals surface area contributed by atoms with E-state index in [9.17, 15) is 9.18 Å². The zero-order valence-corrected chi connectivity index (χ0v) is 16.0. The van der Waals surface area contributed by atoms with Gasteiger partial charge in [-0.2, -0.15) is 0 Å². The number of halogens is 2. The van der Waals surface area contributed by atoms with Gasteiger partial charge in [0.25, 0.3) is 0 Å². The minimum Gasteiger partial charge on any atom is -0.444 e. The van der Waals surface area contributed by atoms with Crippen LogP contribution in [0.3, 0.4) is 0 Å². The van der Waals surface area contributed by atoms with Crippen LogP contribution in [0, 0.1) is 9.39 Å². The quantitative estimate of drug-likeness (QED) is 0.734. The zero-order valence-electron chi connectivity index (χ0n) is 13.9. The van der Waals surface area contributed by atoms with Gasteiger partial charge in [-0.3, -0.25) is 4.90 Å². The lowest BCUT2D eigenvalue weighted by Gasteiger charge is -2.33. The molecule has 1 fully saturated rings. The molecule has 1 saturated heterocycles. The van der Waals surface area contributed by atoms with Gasteiger partial charge in [-0.25, -0.2) is 9.18 Å². The standard InChI is InChI=1S/C17H24FIN2O2/c1-17(2,3)23-16(22)20-13-5-4-8-21(11-13)10-12-6-7-14(18)15(19)9-12/h6-7,9,13H,4-5,8,10-11H2,1-3H3,(H,20,22). The smallest absolute Gasteiger partial charge is 0.407 e. The van der Waals surface area contributed by atoms with Gasteiger partial charge >= 0.3 is 6.09 Å². The van der Waals surface area contributed by atoms with E-state index in [1.54, 1.807) is 0 Å². The molecule has 1 amide bonds. The van der Waals surface area contributed by atoms with Crippen molar-refractivity contribution >= 4 is 28.7 Å². The number of carbonyl (C=O) groups is 1. The van der Waals surface area contributed by atoms with Crippen LogP contribution in [0.2, 0.25) is 0 Å². The largest absolute Gasteiger partial charge is 0.444 e. The summed E-state index contributed by atoms with van der Waals surface area (Å²) >= 11 is 2.01. The Hall–Kier alpha value is -0.890. The number of likely N-dealkylation sites (tertiary alicyclic amines) is 1. The van der Waals surface area contributed by atoms with Crippen molar-refractivity contribution in [2.45, 2.75) is 51.8 Å². The lowest BCUT2D eigenvalue weighted by molar-refractivity contribution is 0.0470. The van der Waals surface area contributed by atoms with Gasteiger partial charge in [-0.05, 0) is 80.4 Å². The Morgan fingerprint density at radius 2 is 2.22 bits per heavy atom. The van der Waals surface area contributed by atoms with Crippen molar-refractivity contribution in [3.05, 3.63) is 33.1 Å². The summed E-state index contributed by atoms with van der Waals surface area (Å²) in [5.74, 6) is -0.183. The minimum atomic E-state index is -0.483. The second kappa shape index (κ2) is 7.79. The molecule has 1 atom stereocenters. The van der Waals surface area contributed by atoms with Gasteiger partial charge < -0.3 is 10.1 Å². The average molecular weight is 434 g/mol. The van der Waals surface area contributed by atoms with Crippen LogP contribution in [0.5, 0.6) is 0 Å². The van der Waals surface area contributed by atoms with Crippen LogP contribution >= 0.6 is 22.6 Å². The Kier molecular flexibility index (Phi) is 6.25. The predicted octanol–water partition coefficient (Wildman–Crippen LogP) is 3.92. The molecule has 0 aliphatic carbocycles. The van der Waals surface area contributed by atoms with Crippen LogP contribution in [-0.2, 0) is 11.3 Å². The van der Waals surface area contributed by atoms with E-state index in [4.69, 9.17) is 4.74 Å². The summed E-state index contributed by atoms with van der Waals surface area (Å²) in [4.78, 5) is 14.2. The van der Waals surface area contributed by atoms with Gasteiger partial charge in [-0.15, -0.1) is 0 Å². The molecule has 0 bridgehead atoms. The molecular weight excluding hydrogens is 410 g/mol. The van der Waals surface area contributed by atoms with E-state index in [0.29, 0.717) is 3.57 Å². The van der Waals surface area contributed by atoms with E-state index in [1.807, 2.05) is 55.5 Å². The first-order valence-corrected chi connectivity index (χ1v) is 8.96. The second-order valence-electron chi connectivity index (χ2n) is 6.97. The molecule has 23 heavy (non-hydrogen) atoms. The summed E-state index contributed by atoms with van der Waals surface area (Å²) in [7, 11) is 0. The zero-order chi connectivity index (χ0) is 17.0. The number of piperidine rings is 1. The predicted molar refractivity (Wildman–Crippen MR) is 96.8 cm³/mol. The summed E-state index contributed by atoms with van der Waals surface area (Å²) < 4.78 is 19.3. The number of nitrogens with zero attached hydrogens (tertiary/aromatic N) is 1. The molecule has 2 rings (SSSR count). The molecule has 0 saturated carbocycles. The number of rotatable bonds is 3. The van der Waals surface area contributed by atoms with Crippen molar-refractivity contribution in [1.29, 1.82) is 0 Å². The lowest BCUT2D eigenvalue weighted by Crippen LogP contribution is -2.48. The Morgan fingerprint density at radius 3 is 2.87 bits per heavy atom. The molecule has 1 unspecified atom stereocenters. The normalized spacial score (nSPS) is 19.4. The van der Waals surface area contributed by atoms with Crippen LogP contribution in [-0.4, -0.2) is 35.7 Å². The number of hydrogen-bond acceptors (Lipinski definition) is 3. The van der Waals surface area contributed by atoms with Crippen molar-refractivity contribution < 1.29 is 13.9 Å². The number of benzene rings is 1. The molecular formula is C17H24FIN2O2. The molecule has 4 nitrogen and oxygen atoms in total. The lowest BCUT2D eigenvalue weighted by atomic mass is 10.0. The molecule has 128 valence electrons. The molecule has 1 aromatic carbocycles. The highest BCUT2D eigenvalue weighted by Gasteiger charge is 2.24. The number of carbonyl (C=O) groups excluding carboxylic acids is 1. The molecule has 1 heterocycles. The van der Waals surface area contributed by atoms with Crippen molar-refractivity contribution in [2.24, 2.45) is 0 Å². The highest BCUT2D eigenvalue weighted by molar-refractivity contribution is 14.1. The SMILES string of the molecule is CC(C)(C)OC(=O)NC1CCCN(Cc2ccc(F)c(I)c2)C1. The fraction of sp³-hybridized carbons (Fsp3) is 0.588. The van der Waals surface area contributed by atoms with Gasteiger partial charge in [0.15, 0.2) is 0 Å². The molecule has 1 N–H and O–H groups in total. The van der Waals surface area contributed by atoms with Gasteiger partial charge in [0.1, 0.15) is 11.4 Å².